The molecule has 0 saturated carbocycles. The van der Waals surface area contributed by atoms with Crippen molar-refractivity contribution in [2.45, 2.75) is 19.4 Å². The summed E-state index contributed by atoms with van der Waals surface area (Å²) in [4.78, 5) is 17.3. The summed E-state index contributed by atoms with van der Waals surface area (Å²) in [6.45, 7) is 2.34. The molecule has 19 heavy (non-hydrogen) atoms. The monoisotopic (exact) mass is 261 g/mol. The molecule has 1 atom stereocenters. The Morgan fingerprint density at radius 1 is 1.53 bits per heavy atom. The van der Waals surface area contributed by atoms with Gasteiger partial charge in [0.1, 0.15) is 6.29 Å². The van der Waals surface area contributed by atoms with Crippen LogP contribution >= 0.6 is 0 Å². The van der Waals surface area contributed by atoms with Crippen LogP contribution < -0.4 is 0 Å². The van der Waals surface area contributed by atoms with E-state index < -0.39 is 0 Å². The fourth-order valence-electron chi connectivity index (χ4n) is 2.36. The van der Waals surface area contributed by atoms with E-state index in [1.165, 1.54) is 0 Å². The van der Waals surface area contributed by atoms with E-state index in [1.54, 1.807) is 18.4 Å². The van der Waals surface area contributed by atoms with Gasteiger partial charge in [-0.1, -0.05) is 5.16 Å². The van der Waals surface area contributed by atoms with E-state index in [0.717, 1.165) is 32.2 Å². The Bertz CT molecular complexity index is 535. The molecule has 0 radical (unpaired) electrons. The Kier molecular flexibility index (Phi) is 3.41. The summed E-state index contributed by atoms with van der Waals surface area (Å²) < 4.78 is 10.4. The molecule has 6 heteroatoms. The van der Waals surface area contributed by atoms with Gasteiger partial charge < -0.3 is 13.7 Å². The zero-order chi connectivity index (χ0) is 13.1. The number of likely N-dealkylation sites (tertiary alicyclic amines) is 1. The third-order valence-corrected chi connectivity index (χ3v) is 3.30. The smallest absolute Gasteiger partial charge is 0.293 e. The molecule has 1 fully saturated rings. The molecule has 2 aromatic heterocycles. The van der Waals surface area contributed by atoms with E-state index in [1.807, 2.05) is 0 Å². The lowest BCUT2D eigenvalue weighted by Gasteiger charge is -2.28. The Morgan fingerprint density at radius 2 is 2.47 bits per heavy atom. The fraction of sp³-hybridized carbons (Fsp3) is 0.462. The molecule has 2 aromatic rings. The van der Waals surface area contributed by atoms with Crippen molar-refractivity contribution in [3.63, 3.8) is 0 Å². The molecule has 0 aliphatic carbocycles. The van der Waals surface area contributed by atoms with Crippen LogP contribution in [0.3, 0.4) is 0 Å². The lowest BCUT2D eigenvalue weighted by molar-refractivity contribution is -0.112. The van der Waals surface area contributed by atoms with Crippen LogP contribution in [0.5, 0.6) is 0 Å². The molecule has 1 aliphatic heterocycles. The Balaban J connectivity index is 1.65. The van der Waals surface area contributed by atoms with Crippen LogP contribution in [-0.2, 0) is 11.3 Å². The number of carbonyl (C=O) groups is 1. The van der Waals surface area contributed by atoms with Gasteiger partial charge in [-0.2, -0.15) is 4.98 Å². The van der Waals surface area contributed by atoms with Crippen molar-refractivity contribution in [1.29, 1.82) is 0 Å². The normalized spacial score (nSPS) is 20.5. The van der Waals surface area contributed by atoms with Crippen molar-refractivity contribution in [2.75, 3.05) is 13.1 Å². The largest absolute Gasteiger partial charge is 0.459 e. The minimum absolute atomic E-state index is 0.130. The number of carbonyl (C=O) groups excluding carboxylic acids is 1. The number of piperidine rings is 1. The van der Waals surface area contributed by atoms with Gasteiger partial charge in [-0.05, 0) is 31.5 Å². The minimum atomic E-state index is 0.130. The fourth-order valence-corrected chi connectivity index (χ4v) is 2.36. The Labute approximate surface area is 110 Å². The van der Waals surface area contributed by atoms with Crippen molar-refractivity contribution in [2.24, 2.45) is 5.92 Å². The average molecular weight is 261 g/mol. The molecule has 0 aromatic carbocycles. The van der Waals surface area contributed by atoms with E-state index in [-0.39, 0.29) is 5.92 Å². The number of hydrogen-bond acceptors (Lipinski definition) is 6. The van der Waals surface area contributed by atoms with Crippen molar-refractivity contribution in [3.05, 3.63) is 24.2 Å². The van der Waals surface area contributed by atoms with Crippen molar-refractivity contribution in [3.8, 4) is 11.7 Å². The number of aldehydes is 1. The minimum Gasteiger partial charge on any atom is -0.459 e. The summed E-state index contributed by atoms with van der Waals surface area (Å²) in [5, 5.41) is 3.94. The quantitative estimate of drug-likeness (QED) is 0.780. The summed E-state index contributed by atoms with van der Waals surface area (Å²) in [5.74, 6) is 1.72. The maximum atomic E-state index is 10.8. The van der Waals surface area contributed by atoms with E-state index in [4.69, 9.17) is 8.94 Å². The molecule has 0 N–H and O–H groups in total. The van der Waals surface area contributed by atoms with Gasteiger partial charge in [0.15, 0.2) is 11.6 Å². The lowest BCUT2D eigenvalue weighted by Crippen LogP contribution is -2.35. The predicted molar refractivity (Wildman–Crippen MR) is 66.1 cm³/mol. The topological polar surface area (TPSA) is 72.4 Å². The first-order chi connectivity index (χ1) is 9.35. The molecular weight excluding hydrogens is 246 g/mol. The van der Waals surface area contributed by atoms with Crippen molar-refractivity contribution in [1.82, 2.24) is 15.0 Å². The van der Waals surface area contributed by atoms with Crippen LogP contribution in [-0.4, -0.2) is 34.4 Å². The number of furan rings is 1. The van der Waals surface area contributed by atoms with Crippen LogP contribution in [0, 0.1) is 5.92 Å². The van der Waals surface area contributed by atoms with Crippen molar-refractivity contribution < 1.29 is 13.7 Å². The molecule has 1 saturated heterocycles. The summed E-state index contributed by atoms with van der Waals surface area (Å²) in [5.41, 5.74) is 0. The highest BCUT2D eigenvalue weighted by Gasteiger charge is 2.21. The number of hydrogen-bond donors (Lipinski definition) is 0. The number of rotatable bonds is 4. The van der Waals surface area contributed by atoms with Gasteiger partial charge in [-0.25, -0.2) is 0 Å². The molecule has 0 bridgehead atoms. The second-order valence-corrected chi connectivity index (χ2v) is 4.77. The van der Waals surface area contributed by atoms with Crippen LogP contribution in [0.25, 0.3) is 11.7 Å². The maximum absolute atomic E-state index is 10.8. The molecule has 0 amide bonds. The van der Waals surface area contributed by atoms with Crippen LogP contribution in [0.4, 0.5) is 0 Å². The third kappa shape index (κ3) is 2.73. The van der Waals surface area contributed by atoms with Crippen molar-refractivity contribution >= 4 is 6.29 Å². The van der Waals surface area contributed by atoms with Gasteiger partial charge in [0.05, 0.1) is 12.8 Å². The highest BCUT2D eigenvalue weighted by atomic mass is 16.5. The highest BCUT2D eigenvalue weighted by Crippen LogP contribution is 2.19. The van der Waals surface area contributed by atoms with Gasteiger partial charge in [-0.3, -0.25) is 4.90 Å². The molecule has 3 heterocycles. The summed E-state index contributed by atoms with van der Waals surface area (Å²) in [6.07, 6.45) is 4.62. The molecule has 1 unspecified atom stereocenters. The Morgan fingerprint density at radius 3 is 3.26 bits per heavy atom. The zero-order valence-corrected chi connectivity index (χ0v) is 10.5. The first-order valence-corrected chi connectivity index (χ1v) is 6.39. The van der Waals surface area contributed by atoms with Gasteiger partial charge in [0.2, 0.25) is 0 Å². The van der Waals surface area contributed by atoms with E-state index in [2.05, 4.69) is 15.0 Å². The van der Waals surface area contributed by atoms with Gasteiger partial charge in [0.25, 0.3) is 5.89 Å². The third-order valence-electron chi connectivity index (χ3n) is 3.30. The second-order valence-electron chi connectivity index (χ2n) is 4.77. The standard InChI is InChI=1S/C13H15N3O3/c17-9-10-3-1-5-16(7-10)8-12-14-13(19-15-12)11-4-2-6-18-11/h2,4,6,9-10H,1,3,5,7-8H2. The van der Waals surface area contributed by atoms with Crippen LogP contribution in [0.2, 0.25) is 0 Å². The van der Waals surface area contributed by atoms with Crippen LogP contribution in [0.15, 0.2) is 27.3 Å². The average Bonchev–Trinajstić information content (AvgIpc) is 3.09. The van der Waals surface area contributed by atoms with Crippen LogP contribution in [0.1, 0.15) is 18.7 Å². The first kappa shape index (κ1) is 12.1. The molecule has 0 spiro atoms. The molecule has 6 nitrogen and oxygen atoms in total. The SMILES string of the molecule is O=CC1CCCN(Cc2noc(-c3ccco3)n2)C1. The number of nitrogens with zero attached hydrogens (tertiary/aromatic N) is 3. The highest BCUT2D eigenvalue weighted by molar-refractivity contribution is 5.53. The Hall–Kier alpha value is -1.95. The molecule has 1 aliphatic rings. The summed E-state index contributed by atoms with van der Waals surface area (Å²) in [6, 6.07) is 3.55. The first-order valence-electron chi connectivity index (χ1n) is 6.39. The zero-order valence-electron chi connectivity index (χ0n) is 10.5. The molecular formula is C13H15N3O3. The van der Waals surface area contributed by atoms with E-state index in [0.29, 0.717) is 24.0 Å². The van der Waals surface area contributed by atoms with Gasteiger partial charge in [0, 0.05) is 12.5 Å². The maximum Gasteiger partial charge on any atom is 0.293 e. The second kappa shape index (κ2) is 5.36. The van der Waals surface area contributed by atoms with E-state index in [9.17, 15) is 4.79 Å². The van der Waals surface area contributed by atoms with Gasteiger partial charge >= 0.3 is 0 Å². The summed E-state index contributed by atoms with van der Waals surface area (Å²) >= 11 is 0. The molecule has 3 rings (SSSR count). The van der Waals surface area contributed by atoms with E-state index >= 15 is 0 Å². The molecule has 100 valence electrons. The number of aromatic nitrogens is 2. The predicted octanol–water partition coefficient (Wildman–Crippen LogP) is 1.74. The lowest BCUT2D eigenvalue weighted by atomic mass is 10.00. The van der Waals surface area contributed by atoms with Gasteiger partial charge in [-0.15, -0.1) is 0 Å². The summed E-state index contributed by atoms with van der Waals surface area (Å²) in [7, 11) is 0.